The van der Waals surface area contributed by atoms with Crippen LogP contribution in [0.1, 0.15) is 10.4 Å². The zero-order chi connectivity index (χ0) is 15.9. The molecule has 1 aromatic heterocycles. The number of benzene rings is 2. The third-order valence-electron chi connectivity index (χ3n) is 3.20. The number of halogens is 4. The molecule has 0 amide bonds. The zero-order valence-electron chi connectivity index (χ0n) is 10.9. The number of hydrogen-bond acceptors (Lipinski definition) is 2. The van der Waals surface area contributed by atoms with Crippen LogP contribution in [0.5, 0.6) is 0 Å². The molecule has 2 nitrogen and oxygen atoms in total. The van der Waals surface area contributed by atoms with Crippen LogP contribution in [-0.4, -0.2) is 10.2 Å². The lowest BCUT2D eigenvalue weighted by Gasteiger charge is -2.08. The summed E-state index contributed by atoms with van der Waals surface area (Å²) >= 11 is 23.6. The highest BCUT2D eigenvalue weighted by Gasteiger charge is 2.14. The Hall–Kier alpha value is -1.32. The van der Waals surface area contributed by atoms with Crippen molar-refractivity contribution in [2.24, 2.45) is 0 Å². The standard InChI is InChI=1S/C16H7Cl4NO/c17-9-3-1-8(2-4-9)14-6-11(16(20)22)10-5-12(18)13(19)7-15(10)21-14/h1-7H. The van der Waals surface area contributed by atoms with E-state index in [1.54, 1.807) is 30.3 Å². The Labute approximate surface area is 146 Å². The highest BCUT2D eigenvalue weighted by atomic mass is 35.5. The summed E-state index contributed by atoms with van der Waals surface area (Å²) in [6.45, 7) is 0. The summed E-state index contributed by atoms with van der Waals surface area (Å²) in [6, 6.07) is 12.0. The Bertz CT molecular complexity index is 891. The van der Waals surface area contributed by atoms with E-state index in [0.717, 1.165) is 5.56 Å². The fraction of sp³-hybridized carbons (Fsp3) is 0. The second-order valence-electron chi connectivity index (χ2n) is 4.62. The molecule has 0 aliphatic rings. The lowest BCUT2D eigenvalue weighted by molar-refractivity contribution is 0.108. The first-order valence-electron chi connectivity index (χ1n) is 6.21. The van der Waals surface area contributed by atoms with E-state index < -0.39 is 5.24 Å². The number of hydrogen-bond donors (Lipinski definition) is 0. The molecular weight excluding hydrogens is 364 g/mol. The van der Waals surface area contributed by atoms with E-state index >= 15 is 0 Å². The van der Waals surface area contributed by atoms with Gasteiger partial charge in [-0.1, -0.05) is 46.9 Å². The average molecular weight is 371 g/mol. The Balaban J connectivity index is 2.31. The van der Waals surface area contributed by atoms with Gasteiger partial charge in [-0.25, -0.2) is 4.98 Å². The Kier molecular flexibility index (Phi) is 4.28. The minimum atomic E-state index is -0.582. The van der Waals surface area contributed by atoms with Crippen molar-refractivity contribution in [3.63, 3.8) is 0 Å². The maximum Gasteiger partial charge on any atom is 0.253 e. The molecule has 0 fully saturated rings. The molecule has 0 saturated carbocycles. The highest BCUT2D eigenvalue weighted by Crippen LogP contribution is 2.32. The molecule has 0 aliphatic heterocycles. The van der Waals surface area contributed by atoms with Gasteiger partial charge in [-0.15, -0.1) is 0 Å². The van der Waals surface area contributed by atoms with E-state index in [0.29, 0.717) is 37.2 Å². The summed E-state index contributed by atoms with van der Waals surface area (Å²) in [5.74, 6) is 0. The van der Waals surface area contributed by atoms with Crippen molar-refractivity contribution < 1.29 is 4.79 Å². The monoisotopic (exact) mass is 369 g/mol. The fourth-order valence-corrected chi connectivity index (χ4v) is 2.76. The van der Waals surface area contributed by atoms with E-state index in [1.807, 2.05) is 12.1 Å². The molecule has 0 radical (unpaired) electrons. The molecule has 22 heavy (non-hydrogen) atoms. The molecule has 6 heteroatoms. The van der Waals surface area contributed by atoms with Crippen molar-refractivity contribution >= 4 is 62.5 Å². The van der Waals surface area contributed by atoms with Crippen LogP contribution < -0.4 is 0 Å². The van der Waals surface area contributed by atoms with Crippen molar-refractivity contribution in [3.8, 4) is 11.3 Å². The van der Waals surface area contributed by atoms with Gasteiger partial charge in [0.25, 0.3) is 5.24 Å². The number of pyridine rings is 1. The third-order valence-corrected chi connectivity index (χ3v) is 4.38. The lowest BCUT2D eigenvalue weighted by atomic mass is 10.0. The van der Waals surface area contributed by atoms with Crippen molar-refractivity contribution in [2.75, 3.05) is 0 Å². The Morgan fingerprint density at radius 1 is 0.909 bits per heavy atom. The predicted octanol–water partition coefficient (Wildman–Crippen LogP) is 6.24. The average Bonchev–Trinajstić information content (AvgIpc) is 2.48. The van der Waals surface area contributed by atoms with Gasteiger partial charge in [-0.3, -0.25) is 4.79 Å². The van der Waals surface area contributed by atoms with Gasteiger partial charge in [0.2, 0.25) is 0 Å². The molecule has 0 unspecified atom stereocenters. The molecule has 0 aliphatic carbocycles. The maximum atomic E-state index is 11.7. The molecule has 2 aromatic carbocycles. The molecule has 0 atom stereocenters. The SMILES string of the molecule is O=C(Cl)c1cc(-c2ccc(Cl)cc2)nc2cc(Cl)c(Cl)cc12. The van der Waals surface area contributed by atoms with Crippen LogP contribution in [0.25, 0.3) is 22.2 Å². The number of aromatic nitrogens is 1. The quantitative estimate of drug-likeness (QED) is 0.499. The molecule has 1 heterocycles. The van der Waals surface area contributed by atoms with Crippen LogP contribution >= 0.6 is 46.4 Å². The van der Waals surface area contributed by atoms with Crippen LogP contribution in [0.3, 0.4) is 0 Å². The number of carbonyl (C=O) groups excluding carboxylic acids is 1. The van der Waals surface area contributed by atoms with Gasteiger partial charge >= 0.3 is 0 Å². The smallest absolute Gasteiger partial charge is 0.253 e. The van der Waals surface area contributed by atoms with Gasteiger partial charge in [0.15, 0.2) is 0 Å². The minimum absolute atomic E-state index is 0.329. The molecule has 3 aromatic rings. The fourth-order valence-electron chi connectivity index (χ4n) is 2.15. The Morgan fingerprint density at radius 2 is 1.55 bits per heavy atom. The van der Waals surface area contributed by atoms with Gasteiger partial charge in [-0.05, 0) is 41.9 Å². The van der Waals surface area contributed by atoms with E-state index in [1.165, 1.54) is 0 Å². The first-order valence-corrected chi connectivity index (χ1v) is 7.72. The molecular formula is C16H7Cl4NO. The van der Waals surface area contributed by atoms with Crippen molar-refractivity contribution in [3.05, 3.63) is 63.1 Å². The zero-order valence-corrected chi connectivity index (χ0v) is 13.9. The van der Waals surface area contributed by atoms with Crippen molar-refractivity contribution in [1.82, 2.24) is 4.98 Å². The number of carbonyl (C=O) groups is 1. The summed E-state index contributed by atoms with van der Waals surface area (Å²) in [7, 11) is 0. The molecule has 0 saturated heterocycles. The van der Waals surface area contributed by atoms with Crippen LogP contribution in [0.4, 0.5) is 0 Å². The molecule has 0 bridgehead atoms. The summed E-state index contributed by atoms with van der Waals surface area (Å²) < 4.78 is 0. The summed E-state index contributed by atoms with van der Waals surface area (Å²) in [6.07, 6.45) is 0. The normalized spacial score (nSPS) is 10.9. The van der Waals surface area contributed by atoms with Crippen LogP contribution in [-0.2, 0) is 0 Å². The van der Waals surface area contributed by atoms with E-state index in [4.69, 9.17) is 46.4 Å². The molecule has 0 spiro atoms. The van der Waals surface area contributed by atoms with Gasteiger partial charge in [0, 0.05) is 21.5 Å². The molecule has 110 valence electrons. The number of fused-ring (bicyclic) bond motifs is 1. The van der Waals surface area contributed by atoms with Gasteiger partial charge in [0.1, 0.15) is 0 Å². The van der Waals surface area contributed by atoms with Gasteiger partial charge in [-0.2, -0.15) is 0 Å². The van der Waals surface area contributed by atoms with Crippen molar-refractivity contribution in [1.29, 1.82) is 0 Å². The summed E-state index contributed by atoms with van der Waals surface area (Å²) in [4.78, 5) is 16.3. The molecule has 0 N–H and O–H groups in total. The van der Waals surface area contributed by atoms with Crippen LogP contribution in [0.2, 0.25) is 15.1 Å². The second kappa shape index (κ2) is 6.05. The van der Waals surface area contributed by atoms with Crippen LogP contribution in [0.15, 0.2) is 42.5 Å². The topological polar surface area (TPSA) is 30.0 Å². The summed E-state index contributed by atoms with van der Waals surface area (Å²) in [5.41, 5.74) is 2.30. The van der Waals surface area contributed by atoms with E-state index in [9.17, 15) is 4.79 Å². The minimum Gasteiger partial charge on any atom is -0.276 e. The lowest BCUT2D eigenvalue weighted by Crippen LogP contribution is -1.96. The number of rotatable bonds is 2. The first kappa shape index (κ1) is 15.6. The van der Waals surface area contributed by atoms with Crippen LogP contribution in [0, 0.1) is 0 Å². The first-order chi connectivity index (χ1) is 10.5. The largest absolute Gasteiger partial charge is 0.276 e. The maximum absolute atomic E-state index is 11.7. The Morgan fingerprint density at radius 3 is 2.18 bits per heavy atom. The van der Waals surface area contributed by atoms with E-state index in [-0.39, 0.29) is 0 Å². The second-order valence-corrected chi connectivity index (χ2v) is 6.21. The highest BCUT2D eigenvalue weighted by molar-refractivity contribution is 6.68. The predicted molar refractivity (Wildman–Crippen MR) is 92.4 cm³/mol. The van der Waals surface area contributed by atoms with E-state index in [2.05, 4.69) is 4.98 Å². The number of nitrogens with zero attached hydrogens (tertiary/aromatic N) is 1. The molecule has 3 rings (SSSR count). The van der Waals surface area contributed by atoms with Gasteiger partial charge in [0.05, 0.1) is 21.3 Å². The third kappa shape index (κ3) is 2.92. The van der Waals surface area contributed by atoms with Gasteiger partial charge < -0.3 is 0 Å². The van der Waals surface area contributed by atoms with Crippen molar-refractivity contribution in [2.45, 2.75) is 0 Å². The summed E-state index contributed by atoms with van der Waals surface area (Å²) in [5, 5.41) is 1.30.